The minimum Gasteiger partial charge on any atom is -0.497 e. The van der Waals surface area contributed by atoms with E-state index in [9.17, 15) is 0 Å². The number of allylic oxidation sites excluding steroid dienone is 3. The summed E-state index contributed by atoms with van der Waals surface area (Å²) >= 11 is 6.23. The maximum atomic E-state index is 6.23. The van der Waals surface area contributed by atoms with E-state index < -0.39 is 0 Å². The topological polar surface area (TPSA) is 12.5 Å². The van der Waals surface area contributed by atoms with Crippen LogP contribution in [0.15, 0.2) is 42.6 Å². The number of hydrogen-bond acceptors (Lipinski definition) is 2. The number of ether oxygens (including phenoxy) is 1. The Hall–Kier alpha value is -0.566. The molecule has 1 aliphatic heterocycles. The molecule has 2 nitrogen and oxygen atoms in total. The fourth-order valence-electron chi connectivity index (χ4n) is 1.64. The van der Waals surface area contributed by atoms with E-state index in [0.29, 0.717) is 5.02 Å². The molecule has 0 saturated heterocycles. The van der Waals surface area contributed by atoms with Crippen LogP contribution in [0.1, 0.15) is 5.56 Å². The summed E-state index contributed by atoms with van der Waals surface area (Å²) in [6.45, 7) is 3.94. The van der Waals surface area contributed by atoms with Gasteiger partial charge in [0.1, 0.15) is 5.75 Å². The second-order valence-electron chi connectivity index (χ2n) is 3.72. The van der Waals surface area contributed by atoms with Crippen LogP contribution in [0.25, 0.3) is 5.70 Å². The number of rotatable bonds is 2. The van der Waals surface area contributed by atoms with Crippen LogP contribution in [-0.2, 0) is 32.7 Å². The zero-order chi connectivity index (χ0) is 12.4. The van der Waals surface area contributed by atoms with Gasteiger partial charge in [-0.2, -0.15) is 12.2 Å². The first-order valence-electron chi connectivity index (χ1n) is 5.20. The maximum Gasteiger partial charge on any atom is 0.118 e. The van der Waals surface area contributed by atoms with Crippen molar-refractivity contribution in [2.75, 3.05) is 14.2 Å². The van der Waals surface area contributed by atoms with Gasteiger partial charge in [-0.1, -0.05) is 29.4 Å². The Morgan fingerprint density at radius 2 is 2.11 bits per heavy atom. The van der Waals surface area contributed by atoms with Crippen molar-refractivity contribution in [2.24, 2.45) is 0 Å². The van der Waals surface area contributed by atoms with E-state index in [1.807, 2.05) is 36.2 Å². The number of halogens is 1. The molecule has 0 N–H and O–H groups in total. The molecule has 0 bridgehead atoms. The van der Waals surface area contributed by atoms with Crippen molar-refractivity contribution in [1.29, 1.82) is 0 Å². The Kier molecular flexibility index (Phi) is 5.64. The summed E-state index contributed by atoms with van der Waals surface area (Å²) in [5, 5.41) is 0.641. The average Bonchev–Trinajstić information content (AvgIpc) is 2.33. The fraction of sp³-hybridized carbons (Fsp3) is 0.143. The fourth-order valence-corrected chi connectivity index (χ4v) is 1.90. The van der Waals surface area contributed by atoms with Gasteiger partial charge in [0.25, 0.3) is 0 Å². The first-order valence-corrected chi connectivity index (χ1v) is 5.58. The van der Waals surface area contributed by atoms with Crippen molar-refractivity contribution in [1.82, 2.24) is 4.90 Å². The van der Waals surface area contributed by atoms with Gasteiger partial charge in [-0.15, -0.1) is 12.1 Å². The summed E-state index contributed by atoms with van der Waals surface area (Å²) < 4.78 is 5.13. The minimum absolute atomic E-state index is 0. The molecule has 0 aromatic heterocycles. The molecule has 0 amide bonds. The van der Waals surface area contributed by atoms with Gasteiger partial charge >= 0.3 is 0 Å². The zero-order valence-electron chi connectivity index (χ0n) is 10.4. The van der Waals surface area contributed by atoms with Gasteiger partial charge in [-0.25, -0.2) is 0 Å². The Morgan fingerprint density at radius 1 is 1.39 bits per heavy atom. The van der Waals surface area contributed by atoms with Gasteiger partial charge in [0, 0.05) is 39.8 Å². The standard InChI is InChI=1S/C14H13ClNO.Y/c1-10-5-4-6-14(16(10)2)12-8-7-11(17-3)9-13(12)15;/h4-5,7-9H,1H2,2-3H3;/q-1;. The maximum absolute atomic E-state index is 6.23. The molecule has 4 heteroatoms. The van der Waals surface area contributed by atoms with Crippen LogP contribution in [0.4, 0.5) is 0 Å². The Morgan fingerprint density at radius 3 is 2.72 bits per heavy atom. The molecular formula is C14H13ClNOY-. The second kappa shape index (κ2) is 6.56. The van der Waals surface area contributed by atoms with Crippen LogP contribution in [0.5, 0.6) is 5.75 Å². The molecule has 1 radical (unpaired) electrons. The van der Waals surface area contributed by atoms with Crippen molar-refractivity contribution < 1.29 is 37.4 Å². The van der Waals surface area contributed by atoms with Crippen molar-refractivity contribution in [3.05, 3.63) is 59.3 Å². The molecule has 2 rings (SSSR count). The molecule has 0 fully saturated rings. The van der Waals surface area contributed by atoms with Crippen LogP contribution in [0.2, 0.25) is 5.02 Å². The van der Waals surface area contributed by atoms with Gasteiger partial charge in [-0.3, -0.25) is 0 Å². The smallest absolute Gasteiger partial charge is 0.118 e. The molecule has 0 unspecified atom stereocenters. The first-order chi connectivity index (χ1) is 8.13. The van der Waals surface area contributed by atoms with E-state index in [4.69, 9.17) is 16.3 Å². The number of nitrogens with zero attached hydrogens (tertiary/aromatic N) is 1. The molecule has 1 aromatic carbocycles. The molecule has 1 heterocycles. The normalized spacial score (nSPS) is 14.1. The van der Waals surface area contributed by atoms with E-state index in [2.05, 4.69) is 12.7 Å². The zero-order valence-corrected chi connectivity index (χ0v) is 14.0. The van der Waals surface area contributed by atoms with Crippen LogP contribution in [0.3, 0.4) is 0 Å². The van der Waals surface area contributed by atoms with Crippen LogP contribution < -0.4 is 4.74 Å². The van der Waals surface area contributed by atoms with Gasteiger partial charge in [0.15, 0.2) is 0 Å². The van der Waals surface area contributed by atoms with Crippen LogP contribution in [0, 0.1) is 6.08 Å². The van der Waals surface area contributed by atoms with E-state index in [1.54, 1.807) is 13.2 Å². The molecule has 18 heavy (non-hydrogen) atoms. The van der Waals surface area contributed by atoms with Crippen molar-refractivity contribution >= 4 is 17.3 Å². The predicted molar refractivity (Wildman–Crippen MR) is 70.7 cm³/mol. The largest absolute Gasteiger partial charge is 0.497 e. The molecule has 0 atom stereocenters. The van der Waals surface area contributed by atoms with Gasteiger partial charge in [0.2, 0.25) is 0 Å². The summed E-state index contributed by atoms with van der Waals surface area (Å²) in [5.41, 5.74) is 2.73. The summed E-state index contributed by atoms with van der Waals surface area (Å²) in [7, 11) is 3.56. The van der Waals surface area contributed by atoms with Gasteiger partial charge in [0.05, 0.1) is 7.11 Å². The third-order valence-electron chi connectivity index (χ3n) is 2.69. The average molecular weight is 336 g/mol. The molecule has 1 aliphatic rings. The molecule has 0 saturated carbocycles. The van der Waals surface area contributed by atoms with Crippen molar-refractivity contribution in [3.63, 3.8) is 0 Å². The molecule has 0 aliphatic carbocycles. The summed E-state index contributed by atoms with van der Waals surface area (Å²) in [5.74, 6) is 0.743. The van der Waals surface area contributed by atoms with E-state index in [0.717, 1.165) is 22.7 Å². The number of methoxy groups -OCH3 is 1. The quantitative estimate of drug-likeness (QED) is 0.767. The first kappa shape index (κ1) is 15.5. The summed E-state index contributed by atoms with van der Waals surface area (Å²) in [6.07, 6.45) is 6.92. The Labute approximate surface area is 138 Å². The van der Waals surface area contributed by atoms with Crippen LogP contribution in [-0.4, -0.2) is 19.1 Å². The second-order valence-corrected chi connectivity index (χ2v) is 4.13. The van der Waals surface area contributed by atoms with E-state index in [-0.39, 0.29) is 32.7 Å². The summed E-state index contributed by atoms with van der Waals surface area (Å²) in [4.78, 5) is 1.95. The van der Waals surface area contributed by atoms with Crippen molar-refractivity contribution in [3.8, 4) is 5.75 Å². The number of likely N-dealkylation sites (N-methyl/N-ethyl adjacent to an activating group) is 1. The molecular weight excluding hydrogens is 323 g/mol. The Bertz CT molecular complexity index is 523. The Balaban J connectivity index is 0.00000162. The monoisotopic (exact) mass is 335 g/mol. The third-order valence-corrected chi connectivity index (χ3v) is 3.01. The van der Waals surface area contributed by atoms with Crippen molar-refractivity contribution in [2.45, 2.75) is 0 Å². The van der Waals surface area contributed by atoms with E-state index >= 15 is 0 Å². The number of benzene rings is 1. The SMILES string of the molecule is C=C1C=C[C-]=C(c2ccc(OC)cc2Cl)N1C.[Y]. The molecule has 91 valence electrons. The third kappa shape index (κ3) is 3.06. The van der Waals surface area contributed by atoms with Gasteiger partial charge in [-0.05, 0) is 22.9 Å². The van der Waals surface area contributed by atoms with Gasteiger partial charge < -0.3 is 9.64 Å². The van der Waals surface area contributed by atoms with Crippen LogP contribution >= 0.6 is 11.6 Å². The van der Waals surface area contributed by atoms with E-state index in [1.165, 1.54) is 0 Å². The summed E-state index contributed by atoms with van der Waals surface area (Å²) in [6, 6.07) is 5.59. The molecule has 0 spiro atoms. The minimum atomic E-state index is 0. The predicted octanol–water partition coefficient (Wildman–Crippen LogP) is 3.51. The molecule has 1 aromatic rings. The number of hydrogen-bond donors (Lipinski definition) is 0.